The van der Waals surface area contributed by atoms with Crippen molar-refractivity contribution in [3.8, 4) is 0 Å². The molecule has 0 aromatic heterocycles. The molecule has 0 rings (SSSR count). The van der Waals surface area contributed by atoms with E-state index in [4.69, 9.17) is 30.1 Å². The lowest BCUT2D eigenvalue weighted by atomic mass is 10.3. The number of hydrogen-bond acceptors (Lipinski definition) is 7. The highest BCUT2D eigenvalue weighted by Crippen LogP contribution is 2.48. The van der Waals surface area contributed by atoms with Crippen LogP contribution < -0.4 is 0 Å². The molecule has 0 saturated heterocycles. The summed E-state index contributed by atoms with van der Waals surface area (Å²) < 4.78 is 32.5. The second-order valence-corrected chi connectivity index (χ2v) is 7.07. The predicted octanol–water partition coefficient (Wildman–Crippen LogP) is 3.14. The average molecular weight is 373 g/mol. The Morgan fingerprint density at radius 1 is 0.913 bits per heavy atom. The number of rotatable bonds is 14. The van der Waals surface area contributed by atoms with Crippen LogP contribution in [0.5, 0.6) is 0 Å². The first-order chi connectivity index (χ1) is 11.0. The van der Waals surface area contributed by atoms with Crippen LogP contribution in [0.4, 0.5) is 0 Å². The second-order valence-electron chi connectivity index (χ2n) is 4.51. The van der Waals surface area contributed by atoms with Crippen LogP contribution in [-0.2, 0) is 32.7 Å². The Bertz CT molecular complexity index is 359. The first-order valence-corrected chi connectivity index (χ1v) is 9.99. The smallest absolute Gasteiger partial charge is 0.331 e. The summed E-state index contributed by atoms with van der Waals surface area (Å²) in [5, 5.41) is 0. The van der Waals surface area contributed by atoms with Gasteiger partial charge in [0.1, 0.15) is 0 Å². The number of halogens is 1. The third kappa shape index (κ3) is 12.5. The van der Waals surface area contributed by atoms with E-state index in [0.717, 1.165) is 0 Å². The van der Waals surface area contributed by atoms with Gasteiger partial charge in [-0.25, -0.2) is 0 Å². The normalized spacial score (nSPS) is 11.3. The maximum Gasteiger partial charge on any atom is 0.331 e. The molecular formula is C14H26ClO7P. The maximum atomic E-state index is 12.4. The van der Waals surface area contributed by atoms with E-state index >= 15 is 0 Å². The van der Waals surface area contributed by atoms with Gasteiger partial charge in [0.05, 0.1) is 32.6 Å². The Kier molecular flexibility index (Phi) is 13.4. The fraction of sp³-hybridized carbons (Fsp3) is 0.857. The first kappa shape index (κ1) is 22.4. The molecule has 0 saturated carbocycles. The summed E-state index contributed by atoms with van der Waals surface area (Å²) in [5.41, 5.74) is 0. The molecule has 0 amide bonds. The van der Waals surface area contributed by atoms with Crippen LogP contribution in [0, 0.1) is 0 Å². The van der Waals surface area contributed by atoms with E-state index in [1.54, 1.807) is 13.8 Å². The monoisotopic (exact) mass is 372 g/mol. The van der Waals surface area contributed by atoms with Crippen molar-refractivity contribution in [1.82, 2.24) is 0 Å². The van der Waals surface area contributed by atoms with Gasteiger partial charge in [-0.2, -0.15) is 0 Å². The Hall–Kier alpha value is -0.620. The minimum Gasteiger partial charge on any atom is -0.466 e. The van der Waals surface area contributed by atoms with E-state index in [-0.39, 0.29) is 50.0 Å². The molecular weight excluding hydrogens is 347 g/mol. The average Bonchev–Trinajstić information content (AvgIpc) is 2.49. The van der Waals surface area contributed by atoms with Gasteiger partial charge in [-0.05, 0) is 26.7 Å². The zero-order valence-electron chi connectivity index (χ0n) is 13.8. The van der Waals surface area contributed by atoms with Crippen molar-refractivity contribution in [2.45, 2.75) is 39.5 Å². The minimum absolute atomic E-state index is 0.0768. The number of ether oxygens (including phenoxy) is 2. The van der Waals surface area contributed by atoms with Crippen molar-refractivity contribution in [1.29, 1.82) is 0 Å². The Balaban J connectivity index is 4.02. The van der Waals surface area contributed by atoms with Crippen molar-refractivity contribution in [3.05, 3.63) is 0 Å². The molecule has 0 aliphatic carbocycles. The van der Waals surface area contributed by atoms with Crippen LogP contribution in [0.25, 0.3) is 0 Å². The Morgan fingerprint density at radius 3 is 1.70 bits per heavy atom. The summed E-state index contributed by atoms with van der Waals surface area (Å²) in [5.74, 6) is -0.509. The molecule has 23 heavy (non-hydrogen) atoms. The fourth-order valence-corrected chi connectivity index (χ4v) is 3.55. The predicted molar refractivity (Wildman–Crippen MR) is 86.8 cm³/mol. The third-order valence-corrected chi connectivity index (χ3v) is 4.97. The zero-order valence-corrected chi connectivity index (χ0v) is 15.4. The van der Waals surface area contributed by atoms with Crippen molar-refractivity contribution in [2.24, 2.45) is 0 Å². The number of alkyl halides is 1. The largest absolute Gasteiger partial charge is 0.466 e. The van der Waals surface area contributed by atoms with Gasteiger partial charge >= 0.3 is 19.5 Å². The topological polar surface area (TPSA) is 88.1 Å². The zero-order chi connectivity index (χ0) is 17.6. The third-order valence-electron chi connectivity index (χ3n) is 2.60. The van der Waals surface area contributed by atoms with Gasteiger partial charge in [0.25, 0.3) is 0 Å². The molecule has 0 N–H and O–H groups in total. The van der Waals surface area contributed by atoms with Gasteiger partial charge in [-0.15, -0.1) is 11.6 Å². The molecule has 0 bridgehead atoms. The number of carbonyl (C=O) groups is 2. The van der Waals surface area contributed by atoms with E-state index in [2.05, 4.69) is 0 Å². The molecule has 9 heteroatoms. The van der Waals surface area contributed by atoms with Gasteiger partial charge in [-0.3, -0.25) is 14.2 Å². The van der Waals surface area contributed by atoms with E-state index in [1.807, 2.05) is 0 Å². The Labute approximate surface area is 142 Å². The molecule has 0 aliphatic heterocycles. The van der Waals surface area contributed by atoms with E-state index in [1.165, 1.54) is 0 Å². The number of esters is 2. The molecule has 0 aromatic rings. The van der Waals surface area contributed by atoms with Crippen LogP contribution in [-0.4, -0.2) is 50.4 Å². The van der Waals surface area contributed by atoms with E-state index in [9.17, 15) is 14.2 Å². The van der Waals surface area contributed by atoms with E-state index < -0.39 is 7.60 Å². The van der Waals surface area contributed by atoms with Gasteiger partial charge < -0.3 is 18.5 Å². The minimum atomic E-state index is -3.31. The molecule has 136 valence electrons. The second kappa shape index (κ2) is 13.8. The van der Waals surface area contributed by atoms with Crippen molar-refractivity contribution in [3.63, 3.8) is 0 Å². The Morgan fingerprint density at radius 2 is 1.35 bits per heavy atom. The van der Waals surface area contributed by atoms with Crippen LogP contribution >= 0.6 is 19.2 Å². The summed E-state index contributed by atoms with van der Waals surface area (Å²) in [4.78, 5) is 22.4. The molecule has 7 nitrogen and oxygen atoms in total. The summed E-state index contributed by atoms with van der Waals surface area (Å²) >= 11 is 5.61. The highest BCUT2D eigenvalue weighted by atomic mass is 35.5. The maximum absolute atomic E-state index is 12.4. The van der Waals surface area contributed by atoms with Crippen LogP contribution in [0.3, 0.4) is 0 Å². The van der Waals surface area contributed by atoms with E-state index in [0.29, 0.717) is 26.1 Å². The lowest BCUT2D eigenvalue weighted by Gasteiger charge is -2.17. The van der Waals surface area contributed by atoms with Gasteiger partial charge in [0, 0.05) is 18.7 Å². The summed E-state index contributed by atoms with van der Waals surface area (Å²) in [6, 6.07) is 0. The van der Waals surface area contributed by atoms with Crippen LogP contribution in [0.2, 0.25) is 0 Å². The van der Waals surface area contributed by atoms with Crippen LogP contribution in [0.1, 0.15) is 39.5 Å². The van der Waals surface area contributed by atoms with Crippen molar-refractivity contribution in [2.75, 3.05) is 38.5 Å². The highest BCUT2D eigenvalue weighted by molar-refractivity contribution is 7.53. The summed E-state index contributed by atoms with van der Waals surface area (Å²) in [7, 11) is -3.31. The summed E-state index contributed by atoms with van der Waals surface area (Å²) in [6.07, 6.45) is 1.23. The summed E-state index contributed by atoms with van der Waals surface area (Å²) in [6.45, 7) is 4.35. The van der Waals surface area contributed by atoms with Crippen molar-refractivity contribution >= 4 is 31.1 Å². The molecule has 0 heterocycles. The quantitative estimate of drug-likeness (QED) is 0.200. The molecule has 0 atom stereocenters. The molecule has 0 aromatic carbocycles. The highest BCUT2D eigenvalue weighted by Gasteiger charge is 2.24. The lowest BCUT2D eigenvalue weighted by Crippen LogP contribution is -2.09. The van der Waals surface area contributed by atoms with Gasteiger partial charge in [0.15, 0.2) is 0 Å². The van der Waals surface area contributed by atoms with Gasteiger partial charge in [-0.1, -0.05) is 0 Å². The van der Waals surface area contributed by atoms with Crippen LogP contribution in [0.15, 0.2) is 0 Å². The SMILES string of the molecule is CCOC(=O)CCCOP(=O)(CCCl)OCCCC(=O)OCC. The van der Waals surface area contributed by atoms with Gasteiger partial charge in [0.2, 0.25) is 0 Å². The number of carbonyl (C=O) groups excluding carboxylic acids is 2. The standard InChI is InChI=1S/C14H26ClO7P/c1-3-19-13(16)7-5-10-21-23(18,12-9-15)22-11-6-8-14(17)20-4-2/h3-12H2,1-2H3. The fourth-order valence-electron chi connectivity index (χ4n) is 1.58. The van der Waals surface area contributed by atoms with Crippen molar-refractivity contribution < 1.29 is 32.7 Å². The molecule has 0 unspecified atom stereocenters. The molecule has 0 aliphatic rings. The number of hydrogen-bond donors (Lipinski definition) is 0. The molecule has 0 radical (unpaired) electrons. The lowest BCUT2D eigenvalue weighted by molar-refractivity contribution is -0.144. The molecule has 0 fully saturated rings. The first-order valence-electron chi connectivity index (χ1n) is 7.72. The molecule has 0 spiro atoms.